The van der Waals surface area contributed by atoms with Gasteiger partial charge in [0.1, 0.15) is 11.5 Å². The largest absolute Gasteiger partial charge is 0.481 e. The van der Waals surface area contributed by atoms with E-state index in [1.54, 1.807) is 31.2 Å². The lowest BCUT2D eigenvalue weighted by molar-refractivity contribution is -0.148. The summed E-state index contributed by atoms with van der Waals surface area (Å²) < 4.78 is 40.8. The number of piperidine rings is 1. The monoisotopic (exact) mass is 538 g/mol. The number of pyridine rings is 2. The molecular weight excluding hydrogens is 513 g/mol. The van der Waals surface area contributed by atoms with Crippen molar-refractivity contribution in [3.8, 4) is 11.3 Å². The van der Waals surface area contributed by atoms with E-state index in [9.17, 15) is 27.9 Å². The van der Waals surface area contributed by atoms with Gasteiger partial charge in [-0.25, -0.2) is 9.97 Å². The van der Waals surface area contributed by atoms with Crippen molar-refractivity contribution in [2.75, 3.05) is 29.0 Å². The van der Waals surface area contributed by atoms with Gasteiger partial charge in [0.15, 0.2) is 0 Å². The Kier molecular flexibility index (Phi) is 6.41. The molecule has 4 heterocycles. The summed E-state index contributed by atoms with van der Waals surface area (Å²) in [6.45, 7) is 2.66. The van der Waals surface area contributed by atoms with Crippen LogP contribution in [0.1, 0.15) is 35.7 Å². The number of aliphatic carboxylic acids is 1. The first-order valence-corrected chi connectivity index (χ1v) is 12.2. The molecule has 1 atom stereocenters. The van der Waals surface area contributed by atoms with Crippen molar-refractivity contribution in [3.05, 3.63) is 72.1 Å². The number of carboxylic acids is 1. The molecule has 0 radical (unpaired) electrons. The number of rotatable bonds is 5. The maximum absolute atomic E-state index is 13.0. The van der Waals surface area contributed by atoms with Crippen LogP contribution >= 0.6 is 0 Å². The van der Waals surface area contributed by atoms with Crippen LogP contribution in [-0.4, -0.2) is 44.4 Å². The fourth-order valence-electron chi connectivity index (χ4n) is 4.80. The van der Waals surface area contributed by atoms with Gasteiger partial charge >= 0.3 is 12.1 Å². The number of imidazole rings is 1. The quantitative estimate of drug-likeness (QED) is 0.329. The highest BCUT2D eigenvalue weighted by Gasteiger charge is 2.39. The average molecular weight is 539 g/mol. The molecule has 12 heteroatoms. The van der Waals surface area contributed by atoms with Gasteiger partial charge in [0.05, 0.1) is 22.2 Å². The molecule has 1 saturated heterocycles. The van der Waals surface area contributed by atoms with Gasteiger partial charge in [-0.1, -0.05) is 12.1 Å². The molecule has 1 aliphatic heterocycles. The lowest BCUT2D eigenvalue weighted by Gasteiger charge is -2.37. The van der Waals surface area contributed by atoms with Crippen molar-refractivity contribution in [1.29, 1.82) is 0 Å². The number of amides is 1. The van der Waals surface area contributed by atoms with Gasteiger partial charge < -0.3 is 21.1 Å². The minimum absolute atomic E-state index is 0.211. The van der Waals surface area contributed by atoms with Crippen LogP contribution in [0.25, 0.3) is 16.8 Å². The number of carbonyl (C=O) groups is 2. The number of halogens is 3. The molecule has 1 amide bonds. The first kappa shape index (κ1) is 26.0. The highest BCUT2D eigenvalue weighted by Crippen LogP contribution is 2.37. The fourth-order valence-corrected chi connectivity index (χ4v) is 4.80. The number of carboxylic acid groups (broad SMARTS) is 1. The number of nitrogens with one attached hydrogen (secondary N) is 1. The van der Waals surface area contributed by atoms with E-state index in [-0.39, 0.29) is 11.4 Å². The van der Waals surface area contributed by atoms with Crippen LogP contribution < -0.4 is 16.0 Å². The molecule has 1 aliphatic rings. The summed E-state index contributed by atoms with van der Waals surface area (Å²) >= 11 is 0. The molecule has 0 aliphatic carbocycles. The second kappa shape index (κ2) is 9.61. The molecule has 39 heavy (non-hydrogen) atoms. The Morgan fingerprint density at radius 1 is 1.15 bits per heavy atom. The molecule has 1 aromatic carbocycles. The van der Waals surface area contributed by atoms with Crippen molar-refractivity contribution in [1.82, 2.24) is 14.4 Å². The Labute approximate surface area is 221 Å². The number of fused-ring (bicyclic) bond motifs is 1. The van der Waals surface area contributed by atoms with Gasteiger partial charge in [0.25, 0.3) is 5.91 Å². The molecule has 5 rings (SSSR count). The van der Waals surface area contributed by atoms with Gasteiger partial charge in [-0.2, -0.15) is 13.2 Å². The maximum atomic E-state index is 13.0. The summed E-state index contributed by atoms with van der Waals surface area (Å²) in [7, 11) is 0. The van der Waals surface area contributed by atoms with E-state index in [2.05, 4.69) is 10.3 Å². The summed E-state index contributed by atoms with van der Waals surface area (Å²) in [4.78, 5) is 35.2. The molecule has 1 fully saturated rings. The predicted molar refractivity (Wildman–Crippen MR) is 139 cm³/mol. The zero-order chi connectivity index (χ0) is 27.9. The van der Waals surface area contributed by atoms with E-state index in [0.29, 0.717) is 54.3 Å². The first-order chi connectivity index (χ1) is 18.5. The van der Waals surface area contributed by atoms with Crippen LogP contribution in [-0.2, 0) is 11.0 Å². The summed E-state index contributed by atoms with van der Waals surface area (Å²) in [6.07, 6.45) is -0.502. The smallest absolute Gasteiger partial charge is 0.416 e. The molecule has 0 spiro atoms. The second-order valence-corrected chi connectivity index (χ2v) is 9.79. The Morgan fingerprint density at radius 2 is 1.90 bits per heavy atom. The van der Waals surface area contributed by atoms with Crippen LogP contribution in [0.2, 0.25) is 0 Å². The van der Waals surface area contributed by atoms with Crippen molar-refractivity contribution >= 4 is 34.8 Å². The molecule has 9 nitrogen and oxygen atoms in total. The zero-order valence-electron chi connectivity index (χ0n) is 20.9. The minimum Gasteiger partial charge on any atom is -0.481 e. The van der Waals surface area contributed by atoms with Gasteiger partial charge in [-0.05, 0) is 56.2 Å². The van der Waals surface area contributed by atoms with E-state index in [1.807, 2.05) is 15.5 Å². The number of hydrogen-bond acceptors (Lipinski definition) is 6. The molecule has 0 unspecified atom stereocenters. The van der Waals surface area contributed by atoms with Crippen LogP contribution in [0.3, 0.4) is 0 Å². The number of aromatic nitrogens is 3. The van der Waals surface area contributed by atoms with E-state index in [1.165, 1.54) is 12.1 Å². The third-order valence-corrected chi connectivity index (χ3v) is 6.92. The van der Waals surface area contributed by atoms with Crippen LogP contribution in [0.4, 0.5) is 30.6 Å². The zero-order valence-corrected chi connectivity index (χ0v) is 20.9. The van der Waals surface area contributed by atoms with Crippen molar-refractivity contribution in [2.24, 2.45) is 5.41 Å². The summed E-state index contributed by atoms with van der Waals surface area (Å²) in [5.41, 5.74) is 7.03. The number of nitrogens with two attached hydrogens (primary N) is 1. The third-order valence-electron chi connectivity index (χ3n) is 6.92. The van der Waals surface area contributed by atoms with E-state index in [4.69, 9.17) is 10.7 Å². The Bertz CT molecular complexity index is 1570. The van der Waals surface area contributed by atoms with Gasteiger partial charge in [-0.15, -0.1) is 0 Å². The maximum Gasteiger partial charge on any atom is 0.416 e. The van der Waals surface area contributed by atoms with Gasteiger partial charge in [0.2, 0.25) is 5.95 Å². The number of anilines is 3. The first-order valence-electron chi connectivity index (χ1n) is 12.2. The van der Waals surface area contributed by atoms with Crippen molar-refractivity contribution in [2.45, 2.75) is 25.9 Å². The van der Waals surface area contributed by atoms with Gasteiger partial charge in [-0.3, -0.25) is 14.0 Å². The second-order valence-electron chi connectivity index (χ2n) is 9.79. The summed E-state index contributed by atoms with van der Waals surface area (Å²) in [6, 6.07) is 11.5. The third kappa shape index (κ3) is 4.97. The Hall–Kier alpha value is -4.61. The molecule has 202 valence electrons. The molecule has 0 saturated carbocycles. The number of alkyl halides is 3. The topological polar surface area (TPSA) is 126 Å². The van der Waals surface area contributed by atoms with Crippen molar-refractivity contribution in [3.63, 3.8) is 0 Å². The molecule has 3 aromatic heterocycles. The minimum atomic E-state index is -4.56. The lowest BCUT2D eigenvalue weighted by atomic mass is 9.82. The SMILES string of the molecule is C[C@]1(C(=O)O)CCCN(c2nc(-c3ccc(C(=O)Nc4cc(C(F)(F)F)ccn4)cc3)c3c(N)cccn23)C1. The predicted octanol–water partition coefficient (Wildman–Crippen LogP) is 4.94. The molecular formula is C27H25F3N6O3. The van der Waals surface area contributed by atoms with E-state index >= 15 is 0 Å². The number of benzene rings is 1. The number of nitrogen functional groups attached to an aromatic ring is 1. The lowest BCUT2D eigenvalue weighted by Crippen LogP contribution is -2.46. The summed E-state index contributed by atoms with van der Waals surface area (Å²) in [5.74, 6) is -1.13. The number of nitrogens with zero attached hydrogens (tertiary/aromatic N) is 4. The normalized spacial score (nSPS) is 17.8. The highest BCUT2D eigenvalue weighted by atomic mass is 19.4. The van der Waals surface area contributed by atoms with Gasteiger partial charge in [0, 0.05) is 36.6 Å². The molecule has 0 bridgehead atoms. The summed E-state index contributed by atoms with van der Waals surface area (Å²) in [5, 5.41) is 12.1. The van der Waals surface area contributed by atoms with Crippen LogP contribution in [0.5, 0.6) is 0 Å². The highest BCUT2D eigenvalue weighted by molar-refractivity contribution is 6.04. The van der Waals surface area contributed by atoms with Crippen LogP contribution in [0, 0.1) is 5.41 Å². The van der Waals surface area contributed by atoms with Crippen molar-refractivity contribution < 1.29 is 27.9 Å². The van der Waals surface area contributed by atoms with E-state index < -0.39 is 29.0 Å². The Balaban J connectivity index is 1.45. The Morgan fingerprint density at radius 3 is 2.59 bits per heavy atom. The molecule has 4 N–H and O–H groups in total. The average Bonchev–Trinajstić information content (AvgIpc) is 3.29. The standard InChI is InChI=1S/C27H25F3N6O3/c1-26(24(38)39)10-3-12-35(15-26)25-34-21(22-19(31)4-2-13-36(22)25)16-5-7-17(8-6-16)23(37)33-20-14-18(9-11-32-20)27(28,29)30/h2,4-9,11,13-14H,3,10,12,15,31H2,1H3,(H,38,39)(H,32,33,37)/t26-/m0/s1. The van der Waals surface area contributed by atoms with E-state index in [0.717, 1.165) is 18.3 Å². The number of hydrogen-bond donors (Lipinski definition) is 3. The fraction of sp³-hybridized carbons (Fsp3) is 0.259. The number of carbonyl (C=O) groups excluding carboxylic acids is 1. The van der Waals surface area contributed by atoms with Crippen LogP contribution in [0.15, 0.2) is 60.9 Å². The molecule has 4 aromatic rings.